The molecule has 1 aliphatic rings. The van der Waals surface area contributed by atoms with Crippen molar-refractivity contribution in [2.24, 2.45) is 0 Å². The molecule has 1 heterocycles. The van der Waals surface area contributed by atoms with Gasteiger partial charge in [-0.15, -0.1) is 0 Å². The van der Waals surface area contributed by atoms with Gasteiger partial charge in [0.25, 0.3) is 0 Å². The van der Waals surface area contributed by atoms with Crippen LogP contribution in [0.2, 0.25) is 0 Å². The topological polar surface area (TPSA) is 59.0 Å². The third-order valence-corrected chi connectivity index (χ3v) is 2.81. The Labute approximate surface area is 115 Å². The fourth-order valence-electron chi connectivity index (χ4n) is 1.95. The van der Waals surface area contributed by atoms with E-state index < -0.39 is 42.3 Å². The highest BCUT2D eigenvalue weighted by Crippen LogP contribution is 2.35. The van der Waals surface area contributed by atoms with Crippen molar-refractivity contribution < 1.29 is 32.5 Å². The molecule has 2 atom stereocenters. The van der Waals surface area contributed by atoms with E-state index in [2.05, 4.69) is 0 Å². The summed E-state index contributed by atoms with van der Waals surface area (Å²) in [5.41, 5.74) is -2.14. The fourth-order valence-corrected chi connectivity index (χ4v) is 1.95. The van der Waals surface area contributed by atoms with Gasteiger partial charge >= 0.3 is 12.3 Å². The Bertz CT molecular complexity index is 376. The summed E-state index contributed by atoms with van der Waals surface area (Å²) in [7, 11) is 0. The van der Waals surface area contributed by atoms with Gasteiger partial charge in [-0.3, -0.25) is 4.90 Å². The quantitative estimate of drug-likeness (QED) is 0.807. The monoisotopic (exact) mass is 299 g/mol. The van der Waals surface area contributed by atoms with Gasteiger partial charge in [-0.25, -0.2) is 4.79 Å². The molecule has 118 valence electrons. The highest BCUT2D eigenvalue weighted by molar-refractivity contribution is 5.70. The Kier molecular flexibility index (Phi) is 4.32. The van der Waals surface area contributed by atoms with Crippen LogP contribution in [0.4, 0.5) is 18.0 Å². The second-order valence-corrected chi connectivity index (χ2v) is 6.16. The number of carbonyl (C=O) groups is 1. The Morgan fingerprint density at radius 1 is 1.40 bits per heavy atom. The zero-order chi connectivity index (χ0) is 15.9. The van der Waals surface area contributed by atoms with Crippen LogP contribution in [-0.2, 0) is 9.47 Å². The van der Waals surface area contributed by atoms with E-state index in [-0.39, 0.29) is 0 Å². The van der Waals surface area contributed by atoms with Gasteiger partial charge in [0, 0.05) is 0 Å². The van der Waals surface area contributed by atoms with Crippen LogP contribution in [0.1, 0.15) is 34.6 Å². The van der Waals surface area contributed by atoms with Crippen molar-refractivity contribution in [3.63, 3.8) is 0 Å². The molecule has 20 heavy (non-hydrogen) atoms. The van der Waals surface area contributed by atoms with Crippen LogP contribution in [0.15, 0.2) is 0 Å². The minimum Gasteiger partial charge on any atom is -0.444 e. The minimum absolute atomic E-state index is 0.410. The zero-order valence-corrected chi connectivity index (χ0v) is 12.1. The molecule has 0 spiro atoms. The summed E-state index contributed by atoms with van der Waals surface area (Å²) in [5.74, 6) is 0. The van der Waals surface area contributed by atoms with E-state index in [1.54, 1.807) is 20.8 Å². The lowest BCUT2D eigenvalue weighted by atomic mass is 10.1. The molecule has 1 N–H and O–H groups in total. The number of halogens is 3. The molecule has 1 saturated heterocycles. The highest BCUT2D eigenvalue weighted by atomic mass is 19.4. The molecule has 1 rings (SSSR count). The maximum Gasteiger partial charge on any atom is 0.416 e. The first-order valence-corrected chi connectivity index (χ1v) is 6.17. The van der Waals surface area contributed by atoms with Crippen LogP contribution < -0.4 is 0 Å². The average Bonchev–Trinajstić information content (AvgIpc) is 2.48. The molecular weight excluding hydrogens is 279 g/mol. The van der Waals surface area contributed by atoms with Gasteiger partial charge in [0.2, 0.25) is 0 Å². The number of carbonyl (C=O) groups excluding carboxylic acids is 1. The van der Waals surface area contributed by atoms with Gasteiger partial charge < -0.3 is 14.6 Å². The third kappa shape index (κ3) is 3.76. The standard InChI is InChI=1S/C12H20F3NO4/c1-10(2,3)20-9(18)16-7(6-19-11(16,4)5)8(17)12(13,14)15/h7-8,17H,6H2,1-5H3. The van der Waals surface area contributed by atoms with E-state index >= 15 is 0 Å². The number of rotatable bonds is 1. The number of hydrogen-bond donors (Lipinski definition) is 1. The number of hydrogen-bond acceptors (Lipinski definition) is 4. The van der Waals surface area contributed by atoms with Crippen LogP contribution in [-0.4, -0.2) is 52.4 Å². The van der Waals surface area contributed by atoms with Crippen LogP contribution in [0, 0.1) is 0 Å². The Balaban J connectivity index is 3.00. The molecule has 1 fully saturated rings. The molecule has 1 aliphatic heterocycles. The van der Waals surface area contributed by atoms with Crippen molar-refractivity contribution in [1.29, 1.82) is 0 Å². The van der Waals surface area contributed by atoms with Crippen LogP contribution in [0.25, 0.3) is 0 Å². The van der Waals surface area contributed by atoms with E-state index in [4.69, 9.17) is 9.47 Å². The summed E-state index contributed by atoms with van der Waals surface area (Å²) < 4.78 is 48.2. The number of aliphatic hydroxyl groups excluding tert-OH is 1. The molecule has 0 bridgehead atoms. The van der Waals surface area contributed by atoms with Crippen molar-refractivity contribution >= 4 is 6.09 Å². The summed E-state index contributed by atoms with van der Waals surface area (Å²) in [5, 5.41) is 9.38. The molecule has 0 saturated carbocycles. The second kappa shape index (κ2) is 5.07. The molecular formula is C12H20F3NO4. The number of aliphatic hydroxyl groups is 1. The largest absolute Gasteiger partial charge is 0.444 e. The third-order valence-electron chi connectivity index (χ3n) is 2.81. The zero-order valence-electron chi connectivity index (χ0n) is 12.1. The van der Waals surface area contributed by atoms with Crippen LogP contribution in [0.3, 0.4) is 0 Å². The number of nitrogens with zero attached hydrogens (tertiary/aromatic N) is 1. The molecule has 0 aliphatic carbocycles. The van der Waals surface area contributed by atoms with Crippen molar-refractivity contribution in [3.05, 3.63) is 0 Å². The van der Waals surface area contributed by atoms with E-state index in [0.29, 0.717) is 0 Å². The van der Waals surface area contributed by atoms with E-state index in [1.165, 1.54) is 13.8 Å². The minimum atomic E-state index is -4.84. The van der Waals surface area contributed by atoms with Gasteiger partial charge in [0.05, 0.1) is 12.6 Å². The molecule has 0 aromatic heterocycles. The average molecular weight is 299 g/mol. The fraction of sp³-hybridized carbons (Fsp3) is 0.917. The first-order valence-electron chi connectivity index (χ1n) is 6.17. The first kappa shape index (κ1) is 17.0. The number of ether oxygens (including phenoxy) is 2. The molecule has 0 aromatic carbocycles. The summed E-state index contributed by atoms with van der Waals surface area (Å²) >= 11 is 0. The lowest BCUT2D eigenvalue weighted by Gasteiger charge is -2.36. The predicted molar refractivity (Wildman–Crippen MR) is 64.0 cm³/mol. The maximum absolute atomic E-state index is 12.6. The van der Waals surface area contributed by atoms with Crippen molar-refractivity contribution in [3.8, 4) is 0 Å². The summed E-state index contributed by atoms with van der Waals surface area (Å²) in [6.07, 6.45) is -8.47. The Morgan fingerprint density at radius 2 is 1.90 bits per heavy atom. The Hall–Kier alpha value is -1.02. The van der Waals surface area contributed by atoms with E-state index in [9.17, 15) is 23.1 Å². The van der Waals surface area contributed by atoms with Crippen molar-refractivity contribution in [2.45, 2.75) is 64.3 Å². The Morgan fingerprint density at radius 3 is 2.30 bits per heavy atom. The lowest BCUT2D eigenvalue weighted by molar-refractivity contribution is -0.218. The normalized spacial score (nSPS) is 24.6. The van der Waals surface area contributed by atoms with Crippen molar-refractivity contribution in [1.82, 2.24) is 4.90 Å². The van der Waals surface area contributed by atoms with Gasteiger partial charge in [0.1, 0.15) is 11.3 Å². The highest BCUT2D eigenvalue weighted by Gasteiger charge is 2.55. The van der Waals surface area contributed by atoms with E-state index in [1.807, 2.05) is 0 Å². The van der Waals surface area contributed by atoms with Gasteiger partial charge in [-0.2, -0.15) is 13.2 Å². The summed E-state index contributed by atoms with van der Waals surface area (Å²) in [4.78, 5) is 12.9. The van der Waals surface area contributed by atoms with Gasteiger partial charge in [0.15, 0.2) is 6.10 Å². The number of alkyl halides is 3. The van der Waals surface area contributed by atoms with Crippen LogP contribution in [0.5, 0.6) is 0 Å². The molecule has 0 aromatic rings. The first-order chi connectivity index (χ1) is 8.76. The van der Waals surface area contributed by atoms with Gasteiger partial charge in [-0.1, -0.05) is 0 Å². The smallest absolute Gasteiger partial charge is 0.416 e. The number of amides is 1. The molecule has 0 radical (unpaired) electrons. The second-order valence-electron chi connectivity index (χ2n) is 6.16. The summed E-state index contributed by atoms with van der Waals surface area (Å²) in [6, 6.07) is -1.53. The predicted octanol–water partition coefficient (Wildman–Crippen LogP) is 2.28. The molecule has 8 heteroatoms. The lowest BCUT2D eigenvalue weighted by Crippen LogP contribution is -2.56. The molecule has 2 unspecified atom stereocenters. The molecule has 1 amide bonds. The van der Waals surface area contributed by atoms with E-state index in [0.717, 1.165) is 4.90 Å². The summed E-state index contributed by atoms with van der Waals surface area (Å²) in [6.45, 7) is 7.28. The van der Waals surface area contributed by atoms with Crippen molar-refractivity contribution in [2.75, 3.05) is 6.61 Å². The molecule has 5 nitrogen and oxygen atoms in total. The van der Waals surface area contributed by atoms with Gasteiger partial charge in [-0.05, 0) is 34.6 Å². The maximum atomic E-state index is 12.6. The van der Waals surface area contributed by atoms with Crippen LogP contribution >= 0.6 is 0 Å². The SMILES string of the molecule is CC(C)(C)OC(=O)N1C(C(O)C(F)(F)F)COC1(C)C.